The van der Waals surface area contributed by atoms with Gasteiger partial charge in [0.05, 0.1) is 18.2 Å². The van der Waals surface area contributed by atoms with Gasteiger partial charge in [-0.25, -0.2) is 0 Å². The highest BCUT2D eigenvalue weighted by atomic mass is 16.2. The molecule has 5 heteroatoms. The number of fused-ring (bicyclic) bond motifs is 3. The van der Waals surface area contributed by atoms with Gasteiger partial charge in [0.2, 0.25) is 5.91 Å². The molecule has 1 heterocycles. The fourth-order valence-corrected chi connectivity index (χ4v) is 6.55. The van der Waals surface area contributed by atoms with E-state index in [9.17, 15) is 14.9 Å². The molecule has 0 atom stereocenters. The van der Waals surface area contributed by atoms with E-state index >= 15 is 0 Å². The third kappa shape index (κ3) is 3.09. The van der Waals surface area contributed by atoms with Crippen LogP contribution in [0.5, 0.6) is 0 Å². The van der Waals surface area contributed by atoms with E-state index < -0.39 is 0 Å². The SMILES string of the molecule is CC1(C)C2=C(C(=O)c3ccc(N4CCN(C5CCCC5)CC4=O)cc31)c1ccc(C#N)cc1C2. The first-order valence-electron chi connectivity index (χ1n) is 12.4. The number of carbonyl (C=O) groups is 2. The third-order valence-corrected chi connectivity index (χ3v) is 8.48. The van der Waals surface area contributed by atoms with Gasteiger partial charge in [0.15, 0.2) is 5.78 Å². The number of nitrogens with zero attached hydrogens (tertiary/aromatic N) is 3. The molecule has 0 radical (unpaired) electrons. The topological polar surface area (TPSA) is 64.4 Å². The third-order valence-electron chi connectivity index (χ3n) is 8.48. The van der Waals surface area contributed by atoms with Crippen LogP contribution < -0.4 is 4.90 Å². The van der Waals surface area contributed by atoms with E-state index in [1.54, 1.807) is 6.07 Å². The van der Waals surface area contributed by atoms with Gasteiger partial charge in [0.25, 0.3) is 0 Å². The molecular formula is C29H29N3O2. The summed E-state index contributed by atoms with van der Waals surface area (Å²) in [5.41, 5.74) is 6.82. The predicted molar refractivity (Wildman–Crippen MR) is 132 cm³/mol. The summed E-state index contributed by atoms with van der Waals surface area (Å²) in [6, 6.07) is 14.3. The number of piperazine rings is 1. The summed E-state index contributed by atoms with van der Waals surface area (Å²) in [6.45, 7) is 6.43. The van der Waals surface area contributed by atoms with Crippen molar-refractivity contribution >= 4 is 23.0 Å². The molecule has 0 aromatic heterocycles. The maximum absolute atomic E-state index is 13.6. The molecule has 0 spiro atoms. The van der Waals surface area contributed by atoms with Crippen molar-refractivity contribution < 1.29 is 9.59 Å². The molecule has 2 aromatic carbocycles. The lowest BCUT2D eigenvalue weighted by atomic mass is 9.68. The van der Waals surface area contributed by atoms with Crippen LogP contribution in [-0.4, -0.2) is 42.3 Å². The Morgan fingerprint density at radius 3 is 2.50 bits per heavy atom. The van der Waals surface area contributed by atoms with Crippen molar-refractivity contribution in [3.05, 3.63) is 69.8 Å². The number of allylic oxidation sites excluding steroid dienone is 2. The first kappa shape index (κ1) is 21.3. The predicted octanol–water partition coefficient (Wildman–Crippen LogP) is 4.63. The molecule has 1 saturated heterocycles. The Morgan fingerprint density at radius 2 is 1.76 bits per heavy atom. The first-order valence-corrected chi connectivity index (χ1v) is 12.4. The van der Waals surface area contributed by atoms with E-state index in [4.69, 9.17) is 0 Å². The number of hydrogen-bond acceptors (Lipinski definition) is 4. The molecule has 2 aromatic rings. The quantitative estimate of drug-likeness (QED) is 0.668. The molecule has 5 nitrogen and oxygen atoms in total. The van der Waals surface area contributed by atoms with Gasteiger partial charge in [-0.1, -0.05) is 32.8 Å². The zero-order chi connectivity index (χ0) is 23.6. The summed E-state index contributed by atoms with van der Waals surface area (Å²) in [4.78, 5) is 31.0. The van der Waals surface area contributed by atoms with E-state index in [0.717, 1.165) is 45.6 Å². The van der Waals surface area contributed by atoms with Crippen LogP contribution in [0.15, 0.2) is 42.0 Å². The first-order chi connectivity index (χ1) is 16.4. The number of ketones is 1. The molecule has 3 aliphatic carbocycles. The second kappa shape index (κ2) is 7.65. The van der Waals surface area contributed by atoms with Crippen molar-refractivity contribution in [3.63, 3.8) is 0 Å². The number of anilines is 1. The zero-order valence-corrected chi connectivity index (χ0v) is 19.9. The van der Waals surface area contributed by atoms with Gasteiger partial charge >= 0.3 is 0 Å². The van der Waals surface area contributed by atoms with Crippen molar-refractivity contribution in [3.8, 4) is 6.07 Å². The number of hydrogen-bond donors (Lipinski definition) is 0. The summed E-state index contributed by atoms with van der Waals surface area (Å²) < 4.78 is 0. The van der Waals surface area contributed by atoms with Crippen LogP contribution >= 0.6 is 0 Å². The van der Waals surface area contributed by atoms with Crippen molar-refractivity contribution in [1.29, 1.82) is 5.26 Å². The fourth-order valence-electron chi connectivity index (χ4n) is 6.55. The molecule has 0 unspecified atom stereocenters. The number of carbonyl (C=O) groups excluding carboxylic acids is 2. The van der Waals surface area contributed by atoms with Gasteiger partial charge in [-0.05, 0) is 71.9 Å². The average Bonchev–Trinajstić information content (AvgIpc) is 3.51. The molecule has 1 amide bonds. The van der Waals surface area contributed by atoms with E-state index in [0.29, 0.717) is 31.1 Å². The molecule has 6 rings (SSSR count). The van der Waals surface area contributed by atoms with Gasteiger partial charge in [-0.3, -0.25) is 14.5 Å². The number of nitriles is 1. The van der Waals surface area contributed by atoms with Crippen LogP contribution in [0.4, 0.5) is 5.69 Å². The Morgan fingerprint density at radius 1 is 1.00 bits per heavy atom. The second-order valence-electron chi connectivity index (χ2n) is 10.7. The summed E-state index contributed by atoms with van der Waals surface area (Å²) in [5, 5.41) is 9.31. The molecule has 0 bridgehead atoms. The van der Waals surface area contributed by atoms with Gasteiger partial charge in [0, 0.05) is 41.4 Å². The smallest absolute Gasteiger partial charge is 0.241 e. The number of Topliss-reactive ketones (excluding diaryl/α,β-unsaturated/α-hetero) is 1. The largest absolute Gasteiger partial charge is 0.310 e. The van der Waals surface area contributed by atoms with E-state index in [1.807, 2.05) is 29.2 Å². The van der Waals surface area contributed by atoms with Crippen LogP contribution in [0.1, 0.15) is 72.1 Å². The molecule has 4 aliphatic rings. The normalized spacial score (nSPS) is 22.0. The minimum Gasteiger partial charge on any atom is -0.310 e. The minimum atomic E-state index is -0.338. The van der Waals surface area contributed by atoms with Crippen molar-refractivity contribution in [2.24, 2.45) is 0 Å². The summed E-state index contributed by atoms with van der Waals surface area (Å²) >= 11 is 0. The molecular weight excluding hydrogens is 422 g/mol. The lowest BCUT2D eigenvalue weighted by molar-refractivity contribution is -0.122. The monoisotopic (exact) mass is 451 g/mol. The summed E-state index contributed by atoms with van der Waals surface area (Å²) in [5.74, 6) is 0.201. The highest BCUT2D eigenvalue weighted by Gasteiger charge is 2.43. The molecule has 34 heavy (non-hydrogen) atoms. The Labute approximate surface area is 200 Å². The summed E-state index contributed by atoms with van der Waals surface area (Å²) in [6.07, 6.45) is 5.64. The van der Waals surface area contributed by atoms with Crippen LogP contribution in [0.3, 0.4) is 0 Å². The molecule has 1 saturated carbocycles. The standard InChI is InChI=1S/C29H29N3O2/c1-29(2)24-15-21(32-12-11-31(17-26(32)33)20-5-3-4-6-20)8-10-23(24)28(34)27-22-9-7-18(16-30)13-19(22)14-25(27)29/h7-10,13,15,20H,3-6,11-12,14,17H2,1-2H3. The second-order valence-corrected chi connectivity index (χ2v) is 10.7. The van der Waals surface area contributed by atoms with Crippen LogP contribution in [0.2, 0.25) is 0 Å². The van der Waals surface area contributed by atoms with Gasteiger partial charge in [-0.15, -0.1) is 0 Å². The zero-order valence-electron chi connectivity index (χ0n) is 19.9. The molecule has 1 aliphatic heterocycles. The fraction of sp³-hybridized carbons (Fsp3) is 0.414. The Balaban J connectivity index is 1.33. The minimum absolute atomic E-state index is 0.0525. The van der Waals surface area contributed by atoms with Gasteiger partial charge < -0.3 is 4.90 Å². The van der Waals surface area contributed by atoms with Crippen molar-refractivity contribution in [2.75, 3.05) is 24.5 Å². The molecule has 0 N–H and O–H groups in total. The molecule has 172 valence electrons. The van der Waals surface area contributed by atoms with Crippen LogP contribution in [-0.2, 0) is 16.6 Å². The number of amides is 1. The summed E-state index contributed by atoms with van der Waals surface area (Å²) in [7, 11) is 0. The van der Waals surface area contributed by atoms with Crippen molar-refractivity contribution in [2.45, 2.75) is 57.4 Å². The van der Waals surface area contributed by atoms with Gasteiger partial charge in [0.1, 0.15) is 0 Å². The maximum atomic E-state index is 13.6. The highest BCUT2D eigenvalue weighted by molar-refractivity contribution is 6.33. The van der Waals surface area contributed by atoms with Crippen molar-refractivity contribution in [1.82, 2.24) is 4.90 Å². The van der Waals surface area contributed by atoms with Crippen LogP contribution in [0, 0.1) is 11.3 Å². The molecule has 2 fully saturated rings. The highest BCUT2D eigenvalue weighted by Crippen LogP contribution is 2.50. The number of rotatable bonds is 2. The Kier molecular flexibility index (Phi) is 4.79. The Bertz CT molecular complexity index is 1310. The van der Waals surface area contributed by atoms with E-state index in [-0.39, 0.29) is 17.1 Å². The van der Waals surface area contributed by atoms with Crippen LogP contribution in [0.25, 0.3) is 5.57 Å². The number of benzene rings is 2. The lowest BCUT2D eigenvalue weighted by Crippen LogP contribution is -2.53. The van der Waals surface area contributed by atoms with E-state index in [2.05, 4.69) is 30.9 Å². The van der Waals surface area contributed by atoms with E-state index in [1.165, 1.54) is 25.7 Å². The van der Waals surface area contributed by atoms with Gasteiger partial charge in [-0.2, -0.15) is 5.26 Å². The average molecular weight is 452 g/mol. The lowest BCUT2D eigenvalue weighted by Gasteiger charge is -2.39. The Hall–Kier alpha value is -3.23. The maximum Gasteiger partial charge on any atom is 0.241 e.